The summed E-state index contributed by atoms with van der Waals surface area (Å²) in [7, 11) is 1.83. The molecule has 3 nitrogen and oxygen atoms in total. The normalized spacial score (nSPS) is 12.0. The Morgan fingerprint density at radius 2 is 1.85 bits per heavy atom. The molecule has 5 heteroatoms. The maximum atomic E-state index is 12.6. The number of carbonyl (C=O) groups excluding carboxylic acids is 1. The fourth-order valence-electron chi connectivity index (χ4n) is 2.74. The van der Waals surface area contributed by atoms with Gasteiger partial charge in [0.1, 0.15) is 0 Å². The average Bonchev–Trinajstić information content (AvgIpc) is 3.08. The highest BCUT2D eigenvalue weighted by Gasteiger charge is 2.18. The third-order valence-electron chi connectivity index (χ3n) is 4.46. The van der Waals surface area contributed by atoms with Crippen molar-refractivity contribution >= 4 is 28.8 Å². The molecule has 1 aromatic heterocycles. The molecule has 1 unspecified atom stereocenters. The molecule has 1 amide bonds. The van der Waals surface area contributed by atoms with Crippen LogP contribution in [0.5, 0.6) is 0 Å². The molecule has 0 radical (unpaired) electrons. The minimum Gasteiger partial charge on any atom is -0.339 e. The largest absolute Gasteiger partial charge is 0.339 e. The van der Waals surface area contributed by atoms with Crippen molar-refractivity contribution in [2.45, 2.75) is 25.8 Å². The molecule has 2 aromatic carbocycles. The molecule has 1 atom stereocenters. The summed E-state index contributed by atoms with van der Waals surface area (Å²) in [5.74, 6) is 0.0593. The predicted octanol–water partition coefficient (Wildman–Crippen LogP) is 5.15. The first-order chi connectivity index (χ1) is 12.5. The maximum Gasteiger partial charge on any atom is 0.228 e. The van der Waals surface area contributed by atoms with Gasteiger partial charge < -0.3 is 4.90 Å². The number of rotatable bonds is 6. The summed E-state index contributed by atoms with van der Waals surface area (Å²) in [6.45, 7) is 2.02. The zero-order valence-electron chi connectivity index (χ0n) is 14.9. The van der Waals surface area contributed by atoms with Crippen LogP contribution in [0.25, 0.3) is 0 Å². The summed E-state index contributed by atoms with van der Waals surface area (Å²) in [5, 5.41) is 3.72. The Morgan fingerprint density at radius 3 is 2.54 bits per heavy atom. The molecular formula is C21H21ClN2OS. The number of thiazole rings is 1. The lowest BCUT2D eigenvalue weighted by molar-refractivity contribution is -0.131. The first-order valence-corrected chi connectivity index (χ1v) is 9.77. The fraction of sp³-hybridized carbons (Fsp3) is 0.238. The number of carbonyl (C=O) groups is 1. The molecule has 0 aliphatic carbocycles. The summed E-state index contributed by atoms with van der Waals surface area (Å²) in [6.07, 6.45) is 1.12. The molecule has 3 rings (SSSR count). The van der Waals surface area contributed by atoms with Gasteiger partial charge in [0.15, 0.2) is 0 Å². The number of aromatic nitrogens is 1. The monoisotopic (exact) mass is 384 g/mol. The highest BCUT2D eigenvalue weighted by molar-refractivity contribution is 7.09. The molecule has 0 fully saturated rings. The van der Waals surface area contributed by atoms with Crippen LogP contribution in [0.4, 0.5) is 0 Å². The molecule has 134 valence electrons. The third kappa shape index (κ3) is 4.71. The number of nitrogens with zero attached hydrogens (tertiary/aromatic N) is 2. The van der Waals surface area contributed by atoms with Gasteiger partial charge in [0.25, 0.3) is 0 Å². The second-order valence-corrected chi connectivity index (χ2v) is 7.68. The topological polar surface area (TPSA) is 33.2 Å². The Kier molecular flexibility index (Phi) is 6.07. The SMILES string of the molecule is CC(c1ccc(Cl)cc1)N(C)C(=O)Cc1csc(Cc2ccccc2)n1. The van der Waals surface area contributed by atoms with E-state index >= 15 is 0 Å². The van der Waals surface area contributed by atoms with Gasteiger partial charge in [0.05, 0.1) is 23.2 Å². The van der Waals surface area contributed by atoms with Crippen LogP contribution in [0.3, 0.4) is 0 Å². The third-order valence-corrected chi connectivity index (χ3v) is 5.61. The van der Waals surface area contributed by atoms with Crippen molar-refractivity contribution in [1.82, 2.24) is 9.88 Å². The smallest absolute Gasteiger partial charge is 0.228 e. The van der Waals surface area contributed by atoms with Crippen molar-refractivity contribution in [3.63, 3.8) is 0 Å². The van der Waals surface area contributed by atoms with Crippen LogP contribution >= 0.6 is 22.9 Å². The van der Waals surface area contributed by atoms with Gasteiger partial charge in [-0.1, -0.05) is 54.1 Å². The molecule has 0 aliphatic rings. The van der Waals surface area contributed by atoms with E-state index in [0.717, 1.165) is 22.7 Å². The lowest BCUT2D eigenvalue weighted by atomic mass is 10.1. The van der Waals surface area contributed by atoms with Crippen molar-refractivity contribution in [2.24, 2.45) is 0 Å². The Labute approximate surface area is 163 Å². The molecule has 26 heavy (non-hydrogen) atoms. The summed E-state index contributed by atoms with van der Waals surface area (Å²) in [6, 6.07) is 17.8. The minimum atomic E-state index is -0.0119. The standard InChI is InChI=1S/C21H21ClN2OS/c1-15(17-8-10-18(22)11-9-17)24(2)21(25)13-19-14-26-20(23-19)12-16-6-4-3-5-7-16/h3-11,14-15H,12-13H2,1-2H3. The van der Waals surface area contributed by atoms with Crippen molar-refractivity contribution in [3.05, 3.63) is 86.8 Å². The number of amides is 1. The highest BCUT2D eigenvalue weighted by atomic mass is 35.5. The molecule has 0 aliphatic heterocycles. The van der Waals surface area contributed by atoms with E-state index in [2.05, 4.69) is 17.1 Å². The molecule has 3 aromatic rings. The lowest BCUT2D eigenvalue weighted by Gasteiger charge is -2.25. The Balaban J connectivity index is 1.61. The van der Waals surface area contributed by atoms with Crippen LogP contribution in [0.1, 0.15) is 34.8 Å². The van der Waals surface area contributed by atoms with E-state index in [9.17, 15) is 4.79 Å². The van der Waals surface area contributed by atoms with Gasteiger partial charge in [0.2, 0.25) is 5.91 Å². The molecular weight excluding hydrogens is 364 g/mol. The van der Waals surface area contributed by atoms with Crippen LogP contribution in [0.2, 0.25) is 5.02 Å². The Hall–Kier alpha value is -2.17. The van der Waals surface area contributed by atoms with Gasteiger partial charge in [-0.2, -0.15) is 0 Å². The second kappa shape index (κ2) is 8.47. The maximum absolute atomic E-state index is 12.6. The summed E-state index contributed by atoms with van der Waals surface area (Å²) < 4.78 is 0. The Morgan fingerprint density at radius 1 is 1.15 bits per heavy atom. The quantitative estimate of drug-likeness (QED) is 0.588. The van der Waals surface area contributed by atoms with Crippen molar-refractivity contribution in [3.8, 4) is 0 Å². The van der Waals surface area contributed by atoms with E-state index in [1.165, 1.54) is 5.56 Å². The zero-order chi connectivity index (χ0) is 18.5. The number of hydrogen-bond donors (Lipinski definition) is 0. The molecule has 1 heterocycles. The average molecular weight is 385 g/mol. The Bertz CT molecular complexity index is 861. The molecule has 0 spiro atoms. The van der Waals surface area contributed by atoms with Crippen LogP contribution in [0.15, 0.2) is 60.0 Å². The number of benzene rings is 2. The molecule has 0 N–H and O–H groups in total. The van der Waals surface area contributed by atoms with E-state index < -0.39 is 0 Å². The highest BCUT2D eigenvalue weighted by Crippen LogP contribution is 2.22. The van der Waals surface area contributed by atoms with Crippen LogP contribution in [-0.4, -0.2) is 22.8 Å². The van der Waals surface area contributed by atoms with Crippen molar-refractivity contribution in [1.29, 1.82) is 0 Å². The summed E-state index contributed by atoms with van der Waals surface area (Å²) in [5.41, 5.74) is 3.13. The van der Waals surface area contributed by atoms with E-state index in [-0.39, 0.29) is 11.9 Å². The minimum absolute atomic E-state index is 0.0119. The molecule has 0 saturated heterocycles. The van der Waals surface area contributed by atoms with Gasteiger partial charge in [-0.15, -0.1) is 11.3 Å². The number of hydrogen-bond acceptors (Lipinski definition) is 3. The first kappa shape index (κ1) is 18.6. The first-order valence-electron chi connectivity index (χ1n) is 8.51. The van der Waals surface area contributed by atoms with Gasteiger partial charge in [0, 0.05) is 23.9 Å². The van der Waals surface area contributed by atoms with Gasteiger partial charge in [-0.3, -0.25) is 4.79 Å². The zero-order valence-corrected chi connectivity index (χ0v) is 16.4. The summed E-state index contributed by atoms with van der Waals surface area (Å²) in [4.78, 5) is 19.0. The van der Waals surface area contributed by atoms with Gasteiger partial charge in [-0.05, 0) is 30.2 Å². The van der Waals surface area contributed by atoms with Gasteiger partial charge in [-0.25, -0.2) is 4.98 Å². The van der Waals surface area contributed by atoms with Crippen molar-refractivity contribution in [2.75, 3.05) is 7.05 Å². The lowest BCUT2D eigenvalue weighted by Crippen LogP contribution is -2.31. The molecule has 0 bridgehead atoms. The second-order valence-electron chi connectivity index (χ2n) is 6.30. The van der Waals surface area contributed by atoms with Gasteiger partial charge >= 0.3 is 0 Å². The van der Waals surface area contributed by atoms with E-state index in [0.29, 0.717) is 11.4 Å². The van der Waals surface area contributed by atoms with E-state index in [4.69, 9.17) is 11.6 Å². The fourth-order valence-corrected chi connectivity index (χ4v) is 3.70. The van der Waals surface area contributed by atoms with Crippen LogP contribution < -0.4 is 0 Å². The predicted molar refractivity (Wildman–Crippen MR) is 108 cm³/mol. The van der Waals surface area contributed by atoms with Crippen molar-refractivity contribution < 1.29 is 4.79 Å². The van der Waals surface area contributed by atoms with Crippen LogP contribution in [-0.2, 0) is 17.6 Å². The van der Waals surface area contributed by atoms with E-state index in [1.54, 1.807) is 16.2 Å². The number of halogens is 1. The van der Waals surface area contributed by atoms with Crippen LogP contribution in [0, 0.1) is 0 Å². The number of likely N-dealkylation sites (N-methyl/N-ethyl adjacent to an activating group) is 1. The summed E-state index contributed by atoms with van der Waals surface area (Å²) >= 11 is 7.55. The van der Waals surface area contributed by atoms with E-state index in [1.807, 2.05) is 61.8 Å². The molecule has 0 saturated carbocycles.